The minimum Gasteiger partial charge on any atom is -0.381 e. The molecule has 116 valence electrons. The van der Waals surface area contributed by atoms with Gasteiger partial charge in [-0.2, -0.15) is 0 Å². The van der Waals surface area contributed by atoms with E-state index in [1.807, 2.05) is 6.92 Å². The molecule has 2 unspecified atom stereocenters. The summed E-state index contributed by atoms with van der Waals surface area (Å²) in [5, 5.41) is 8.03. The van der Waals surface area contributed by atoms with E-state index in [4.69, 9.17) is 21.5 Å². The second-order valence-electron chi connectivity index (χ2n) is 5.11. The van der Waals surface area contributed by atoms with Gasteiger partial charge in [-0.05, 0) is 31.5 Å². The molecule has 0 spiro atoms. The van der Waals surface area contributed by atoms with Crippen LogP contribution in [0.5, 0.6) is 0 Å². The molecule has 1 aromatic rings. The van der Waals surface area contributed by atoms with Gasteiger partial charge in [0.2, 0.25) is 10.0 Å². The van der Waals surface area contributed by atoms with Crippen molar-refractivity contribution in [2.75, 3.05) is 13.2 Å². The molecule has 2 atom stereocenters. The lowest BCUT2D eigenvalue weighted by Gasteiger charge is -2.19. The van der Waals surface area contributed by atoms with Crippen molar-refractivity contribution in [2.24, 2.45) is 11.1 Å². The number of nitrogens with one attached hydrogen (secondary N) is 1. The molecule has 0 aromatic heterocycles. The first-order valence-electron chi connectivity index (χ1n) is 6.49. The molecule has 1 aromatic carbocycles. The maximum Gasteiger partial charge on any atom is 0.251 e. The van der Waals surface area contributed by atoms with Crippen LogP contribution >= 0.6 is 11.6 Å². The summed E-state index contributed by atoms with van der Waals surface area (Å²) in [5.41, 5.74) is 0.164. The lowest BCUT2D eigenvalue weighted by molar-refractivity contribution is 0.0922. The molecular formula is C13H17ClN2O4S. The summed E-state index contributed by atoms with van der Waals surface area (Å²) in [4.78, 5) is 12.0. The molecule has 2 rings (SSSR count). The van der Waals surface area contributed by atoms with Crippen LogP contribution < -0.4 is 10.5 Å². The molecule has 1 aliphatic heterocycles. The van der Waals surface area contributed by atoms with E-state index < -0.39 is 10.0 Å². The van der Waals surface area contributed by atoms with Crippen molar-refractivity contribution in [1.82, 2.24) is 5.32 Å². The highest BCUT2D eigenvalue weighted by Crippen LogP contribution is 2.20. The minimum atomic E-state index is -3.91. The second kappa shape index (κ2) is 6.31. The molecular weight excluding hydrogens is 316 g/mol. The van der Waals surface area contributed by atoms with E-state index in [1.54, 1.807) is 0 Å². The summed E-state index contributed by atoms with van der Waals surface area (Å²) >= 11 is 5.84. The first-order chi connectivity index (χ1) is 9.77. The van der Waals surface area contributed by atoms with Crippen molar-refractivity contribution in [1.29, 1.82) is 0 Å². The van der Waals surface area contributed by atoms with Gasteiger partial charge in [0, 0.05) is 29.2 Å². The SMILES string of the molecule is CC(NC(=O)c1cc(Cl)cc(S(N)(=O)=O)c1)C1CCOC1. The Hall–Kier alpha value is -1.15. The predicted molar refractivity (Wildman–Crippen MR) is 78.7 cm³/mol. The zero-order valence-electron chi connectivity index (χ0n) is 11.5. The van der Waals surface area contributed by atoms with Crippen LogP contribution in [0.15, 0.2) is 23.1 Å². The van der Waals surface area contributed by atoms with Crippen molar-refractivity contribution >= 4 is 27.5 Å². The molecule has 1 fully saturated rings. The molecule has 1 saturated heterocycles. The second-order valence-corrected chi connectivity index (χ2v) is 7.10. The number of benzene rings is 1. The number of nitrogens with two attached hydrogens (primary N) is 1. The van der Waals surface area contributed by atoms with Crippen LogP contribution in [0.4, 0.5) is 0 Å². The fourth-order valence-electron chi connectivity index (χ4n) is 2.21. The number of carbonyl (C=O) groups is 1. The molecule has 0 aliphatic carbocycles. The van der Waals surface area contributed by atoms with Gasteiger partial charge in [-0.3, -0.25) is 4.79 Å². The lowest BCUT2D eigenvalue weighted by atomic mass is 10.0. The van der Waals surface area contributed by atoms with Gasteiger partial charge in [-0.25, -0.2) is 13.6 Å². The van der Waals surface area contributed by atoms with E-state index in [9.17, 15) is 13.2 Å². The van der Waals surface area contributed by atoms with E-state index in [0.717, 1.165) is 6.42 Å². The zero-order valence-corrected chi connectivity index (χ0v) is 13.1. The third kappa shape index (κ3) is 4.16. The highest BCUT2D eigenvalue weighted by molar-refractivity contribution is 7.89. The molecule has 6 nitrogen and oxygen atoms in total. The zero-order chi connectivity index (χ0) is 15.6. The van der Waals surface area contributed by atoms with Gasteiger partial charge in [0.1, 0.15) is 0 Å². The van der Waals surface area contributed by atoms with Gasteiger partial charge in [-0.15, -0.1) is 0 Å². The summed E-state index contributed by atoms with van der Waals surface area (Å²) in [5.74, 6) is -0.132. The van der Waals surface area contributed by atoms with Gasteiger partial charge in [0.15, 0.2) is 0 Å². The van der Waals surface area contributed by atoms with Crippen molar-refractivity contribution < 1.29 is 17.9 Å². The Kier molecular flexibility index (Phi) is 4.88. The highest BCUT2D eigenvalue weighted by Gasteiger charge is 2.24. The smallest absolute Gasteiger partial charge is 0.251 e. The van der Waals surface area contributed by atoms with Crippen LogP contribution in [0.1, 0.15) is 23.7 Å². The summed E-state index contributed by atoms with van der Waals surface area (Å²) < 4.78 is 28.0. The summed E-state index contributed by atoms with van der Waals surface area (Å²) in [6, 6.07) is 3.76. The molecule has 1 aliphatic rings. The summed E-state index contributed by atoms with van der Waals surface area (Å²) in [7, 11) is -3.91. The summed E-state index contributed by atoms with van der Waals surface area (Å²) in [6.07, 6.45) is 0.888. The highest BCUT2D eigenvalue weighted by atomic mass is 35.5. The van der Waals surface area contributed by atoms with E-state index in [2.05, 4.69) is 5.32 Å². The average molecular weight is 333 g/mol. The molecule has 3 N–H and O–H groups in total. The fourth-order valence-corrected chi connectivity index (χ4v) is 3.10. The molecule has 0 bridgehead atoms. The number of carbonyl (C=O) groups excluding carboxylic acids is 1. The van der Waals surface area contributed by atoms with Crippen molar-refractivity contribution in [2.45, 2.75) is 24.3 Å². The van der Waals surface area contributed by atoms with Crippen molar-refractivity contribution in [3.8, 4) is 0 Å². The predicted octanol–water partition coefficient (Wildman–Crippen LogP) is 1.14. The van der Waals surface area contributed by atoms with Crippen LogP contribution in [-0.4, -0.2) is 33.6 Å². The molecule has 0 saturated carbocycles. The van der Waals surface area contributed by atoms with Crippen LogP contribution in [0.25, 0.3) is 0 Å². The van der Waals surface area contributed by atoms with E-state index >= 15 is 0 Å². The maximum atomic E-state index is 12.2. The van der Waals surface area contributed by atoms with Gasteiger partial charge < -0.3 is 10.1 Å². The van der Waals surface area contributed by atoms with Gasteiger partial charge in [-0.1, -0.05) is 11.6 Å². The minimum absolute atomic E-state index is 0.0723. The molecule has 21 heavy (non-hydrogen) atoms. The third-order valence-electron chi connectivity index (χ3n) is 3.49. The number of sulfonamides is 1. The Morgan fingerprint density at radius 3 is 2.76 bits per heavy atom. The molecule has 0 radical (unpaired) electrons. The largest absolute Gasteiger partial charge is 0.381 e. The standard InChI is InChI=1S/C13H17ClN2O4S/c1-8(9-2-3-20-7-9)16-13(17)10-4-11(14)6-12(5-10)21(15,18)19/h4-6,8-9H,2-3,7H2,1H3,(H,16,17)(H2,15,18,19). The Morgan fingerprint density at radius 2 is 2.19 bits per heavy atom. The van der Waals surface area contributed by atoms with E-state index in [-0.39, 0.29) is 33.3 Å². The van der Waals surface area contributed by atoms with Crippen LogP contribution in [0.3, 0.4) is 0 Å². The number of rotatable bonds is 4. The Morgan fingerprint density at radius 1 is 1.48 bits per heavy atom. The van der Waals surface area contributed by atoms with Gasteiger partial charge in [0.05, 0.1) is 11.5 Å². The monoisotopic (exact) mass is 332 g/mol. The number of hydrogen-bond acceptors (Lipinski definition) is 4. The fraction of sp³-hybridized carbons (Fsp3) is 0.462. The quantitative estimate of drug-likeness (QED) is 0.863. The molecule has 1 amide bonds. The number of halogens is 1. The van der Waals surface area contributed by atoms with Crippen molar-refractivity contribution in [3.63, 3.8) is 0 Å². The number of hydrogen-bond donors (Lipinski definition) is 2. The van der Waals surface area contributed by atoms with Gasteiger partial charge in [0.25, 0.3) is 5.91 Å². The Labute approximate surface area is 128 Å². The number of ether oxygens (including phenoxy) is 1. The van der Waals surface area contributed by atoms with Crippen LogP contribution in [0, 0.1) is 5.92 Å². The maximum absolute atomic E-state index is 12.2. The molecule has 8 heteroatoms. The first kappa shape index (κ1) is 16.2. The lowest BCUT2D eigenvalue weighted by Crippen LogP contribution is -2.38. The normalized spacial score (nSPS) is 20.2. The van der Waals surface area contributed by atoms with Gasteiger partial charge >= 0.3 is 0 Å². The Bertz CT molecular complexity index is 642. The third-order valence-corrected chi connectivity index (χ3v) is 4.60. The van der Waals surface area contributed by atoms with E-state index in [0.29, 0.717) is 13.2 Å². The van der Waals surface area contributed by atoms with E-state index in [1.165, 1.54) is 18.2 Å². The molecule has 1 heterocycles. The summed E-state index contributed by atoms with van der Waals surface area (Å²) in [6.45, 7) is 3.19. The van der Waals surface area contributed by atoms with Crippen LogP contribution in [0.2, 0.25) is 5.02 Å². The topological polar surface area (TPSA) is 98.5 Å². The van der Waals surface area contributed by atoms with Crippen molar-refractivity contribution in [3.05, 3.63) is 28.8 Å². The van der Waals surface area contributed by atoms with Crippen LogP contribution in [-0.2, 0) is 14.8 Å². The average Bonchev–Trinajstić information content (AvgIpc) is 2.90. The number of primary sulfonamides is 1. The number of amides is 1. The first-order valence-corrected chi connectivity index (χ1v) is 8.42. The Balaban J connectivity index is 2.17.